The van der Waals surface area contributed by atoms with E-state index in [9.17, 15) is 14.0 Å². The van der Waals surface area contributed by atoms with Crippen molar-refractivity contribution in [2.24, 2.45) is 0 Å². The smallest absolute Gasteiger partial charge is 0.323 e. The Labute approximate surface area is 120 Å². The first-order chi connectivity index (χ1) is 10.1. The fraction of sp³-hybridized carbons (Fsp3) is 0.0667. The second kappa shape index (κ2) is 6.51. The Morgan fingerprint density at radius 3 is 2.10 bits per heavy atom. The Hall–Kier alpha value is -2.89. The van der Waals surface area contributed by atoms with Crippen molar-refractivity contribution in [1.29, 1.82) is 0 Å². The van der Waals surface area contributed by atoms with Gasteiger partial charge in [-0.1, -0.05) is 0 Å². The molecule has 0 unspecified atom stereocenters. The molecule has 0 spiro atoms. The van der Waals surface area contributed by atoms with Crippen LogP contribution in [0.2, 0.25) is 0 Å². The predicted octanol–water partition coefficient (Wildman–Crippen LogP) is 2.67. The summed E-state index contributed by atoms with van der Waals surface area (Å²) in [6.45, 7) is -0.415. The van der Waals surface area contributed by atoms with Gasteiger partial charge in [0.2, 0.25) is 6.41 Å². The number of carboxylic acids is 1. The zero-order valence-electron chi connectivity index (χ0n) is 10.9. The van der Waals surface area contributed by atoms with E-state index in [2.05, 4.69) is 0 Å². The number of benzene rings is 2. The molecule has 0 saturated heterocycles. The van der Waals surface area contributed by atoms with E-state index in [1.54, 1.807) is 24.3 Å². The highest BCUT2D eigenvalue weighted by molar-refractivity contribution is 5.84. The van der Waals surface area contributed by atoms with Crippen molar-refractivity contribution in [1.82, 2.24) is 0 Å². The molecule has 0 aromatic heterocycles. The summed E-state index contributed by atoms with van der Waals surface area (Å²) in [6.07, 6.45) is 0.448. The molecule has 108 valence electrons. The van der Waals surface area contributed by atoms with Gasteiger partial charge >= 0.3 is 5.97 Å². The van der Waals surface area contributed by atoms with Gasteiger partial charge in [-0.25, -0.2) is 4.39 Å². The molecule has 0 aliphatic carbocycles. The molecular weight excluding hydrogens is 277 g/mol. The van der Waals surface area contributed by atoms with Crippen LogP contribution in [0.5, 0.6) is 11.5 Å². The van der Waals surface area contributed by atoms with Crippen molar-refractivity contribution in [3.8, 4) is 11.5 Å². The predicted molar refractivity (Wildman–Crippen MR) is 74.0 cm³/mol. The van der Waals surface area contributed by atoms with Crippen LogP contribution in [-0.4, -0.2) is 24.0 Å². The minimum absolute atomic E-state index is 0.354. The van der Waals surface area contributed by atoms with E-state index in [1.165, 1.54) is 24.3 Å². The van der Waals surface area contributed by atoms with Crippen LogP contribution in [0.1, 0.15) is 0 Å². The van der Waals surface area contributed by atoms with Gasteiger partial charge < -0.3 is 14.7 Å². The molecule has 2 aromatic rings. The van der Waals surface area contributed by atoms with Crippen LogP contribution in [0.4, 0.5) is 10.1 Å². The molecule has 0 bridgehead atoms. The lowest BCUT2D eigenvalue weighted by Gasteiger charge is -2.15. The van der Waals surface area contributed by atoms with E-state index in [-0.39, 0.29) is 5.82 Å². The first-order valence-electron chi connectivity index (χ1n) is 6.05. The molecule has 0 fully saturated rings. The summed E-state index contributed by atoms with van der Waals surface area (Å²) in [7, 11) is 0. The average molecular weight is 289 g/mol. The van der Waals surface area contributed by atoms with Gasteiger partial charge in [-0.2, -0.15) is 0 Å². The van der Waals surface area contributed by atoms with Crippen LogP contribution in [0, 0.1) is 5.82 Å². The van der Waals surface area contributed by atoms with Crippen molar-refractivity contribution in [3.05, 3.63) is 54.3 Å². The molecule has 0 saturated carbocycles. The van der Waals surface area contributed by atoms with E-state index in [4.69, 9.17) is 9.84 Å². The van der Waals surface area contributed by atoms with Crippen LogP contribution in [0.15, 0.2) is 48.5 Å². The van der Waals surface area contributed by atoms with Crippen LogP contribution >= 0.6 is 0 Å². The zero-order chi connectivity index (χ0) is 15.2. The maximum atomic E-state index is 12.8. The molecule has 0 atom stereocenters. The molecule has 5 nitrogen and oxygen atoms in total. The van der Waals surface area contributed by atoms with Gasteiger partial charge in [0.25, 0.3) is 0 Å². The number of hydrogen-bond donors (Lipinski definition) is 1. The minimum Gasteiger partial charge on any atom is -0.480 e. The summed E-state index contributed by atoms with van der Waals surface area (Å²) < 4.78 is 18.3. The minimum atomic E-state index is -1.10. The third kappa shape index (κ3) is 4.04. The molecule has 0 aliphatic rings. The lowest BCUT2D eigenvalue weighted by molar-refractivity contribution is -0.136. The van der Waals surface area contributed by atoms with E-state index in [1.807, 2.05) is 0 Å². The topological polar surface area (TPSA) is 66.8 Å². The van der Waals surface area contributed by atoms with Crippen LogP contribution in [0.3, 0.4) is 0 Å². The SMILES string of the molecule is O=CN(CC(=O)O)c1ccc(Oc2ccc(F)cc2)cc1. The summed E-state index contributed by atoms with van der Waals surface area (Å²) in [4.78, 5) is 22.5. The van der Waals surface area contributed by atoms with Crippen LogP contribution in [-0.2, 0) is 9.59 Å². The maximum Gasteiger partial charge on any atom is 0.323 e. The van der Waals surface area contributed by atoms with Crippen molar-refractivity contribution < 1.29 is 23.8 Å². The molecule has 1 N–H and O–H groups in total. The highest BCUT2D eigenvalue weighted by atomic mass is 19.1. The van der Waals surface area contributed by atoms with Crippen molar-refractivity contribution in [2.75, 3.05) is 11.4 Å². The van der Waals surface area contributed by atoms with Crippen molar-refractivity contribution in [3.63, 3.8) is 0 Å². The number of rotatable bonds is 6. The summed E-state index contributed by atoms with van der Waals surface area (Å²) in [5.41, 5.74) is 0.443. The molecular formula is C15H12FNO4. The van der Waals surface area contributed by atoms with Gasteiger partial charge in [0.15, 0.2) is 0 Å². The molecule has 2 aromatic carbocycles. The number of hydrogen-bond acceptors (Lipinski definition) is 3. The normalized spacial score (nSPS) is 9.95. The molecule has 1 amide bonds. The number of nitrogens with zero attached hydrogens (tertiary/aromatic N) is 1. The highest BCUT2D eigenvalue weighted by Crippen LogP contribution is 2.24. The Balaban J connectivity index is 2.09. The number of aliphatic carboxylic acids is 1. The first-order valence-corrected chi connectivity index (χ1v) is 6.05. The van der Waals surface area contributed by atoms with Gasteiger partial charge in [-0.05, 0) is 48.5 Å². The van der Waals surface area contributed by atoms with Crippen molar-refractivity contribution >= 4 is 18.1 Å². The lowest BCUT2D eigenvalue weighted by atomic mass is 10.2. The van der Waals surface area contributed by atoms with E-state index in [0.717, 1.165) is 4.90 Å². The maximum absolute atomic E-state index is 12.8. The number of carbonyl (C=O) groups excluding carboxylic acids is 1. The monoisotopic (exact) mass is 289 g/mol. The highest BCUT2D eigenvalue weighted by Gasteiger charge is 2.09. The fourth-order valence-corrected chi connectivity index (χ4v) is 1.68. The number of ether oxygens (including phenoxy) is 1. The zero-order valence-corrected chi connectivity index (χ0v) is 10.9. The molecule has 0 radical (unpaired) electrons. The second-order valence-electron chi connectivity index (χ2n) is 4.18. The van der Waals surface area contributed by atoms with Gasteiger partial charge in [-0.3, -0.25) is 9.59 Å². The molecule has 0 heterocycles. The number of carbonyl (C=O) groups is 2. The van der Waals surface area contributed by atoms with Crippen LogP contribution < -0.4 is 9.64 Å². The molecule has 0 aliphatic heterocycles. The second-order valence-corrected chi connectivity index (χ2v) is 4.18. The summed E-state index contributed by atoms with van der Waals surface area (Å²) >= 11 is 0. The van der Waals surface area contributed by atoms with Gasteiger partial charge in [0.05, 0.1) is 0 Å². The number of amides is 1. The lowest BCUT2D eigenvalue weighted by Crippen LogP contribution is -2.27. The van der Waals surface area contributed by atoms with Gasteiger partial charge in [0, 0.05) is 5.69 Å². The van der Waals surface area contributed by atoms with E-state index in [0.29, 0.717) is 23.6 Å². The fourth-order valence-electron chi connectivity index (χ4n) is 1.68. The summed E-state index contributed by atoms with van der Waals surface area (Å²) in [5, 5.41) is 8.69. The van der Waals surface area contributed by atoms with Crippen LogP contribution in [0.25, 0.3) is 0 Å². The Morgan fingerprint density at radius 1 is 1.10 bits per heavy atom. The molecule has 2 rings (SSSR count). The summed E-state index contributed by atoms with van der Waals surface area (Å²) in [6, 6.07) is 11.9. The Bertz CT molecular complexity index is 625. The molecule has 21 heavy (non-hydrogen) atoms. The summed E-state index contributed by atoms with van der Waals surface area (Å²) in [5.74, 6) is -0.491. The largest absolute Gasteiger partial charge is 0.480 e. The number of anilines is 1. The average Bonchev–Trinajstić information content (AvgIpc) is 2.48. The third-order valence-electron chi connectivity index (χ3n) is 2.65. The Morgan fingerprint density at radius 2 is 1.62 bits per heavy atom. The third-order valence-corrected chi connectivity index (χ3v) is 2.65. The van der Waals surface area contributed by atoms with E-state index < -0.39 is 12.5 Å². The van der Waals surface area contributed by atoms with Gasteiger partial charge in [0.1, 0.15) is 23.9 Å². The molecule has 6 heteroatoms. The Kier molecular flexibility index (Phi) is 4.50. The standard InChI is InChI=1S/C15H12FNO4/c16-11-1-5-13(6-2-11)21-14-7-3-12(4-8-14)17(10-18)9-15(19)20/h1-8,10H,9H2,(H,19,20). The quantitative estimate of drug-likeness (QED) is 0.830. The number of halogens is 1. The first kappa shape index (κ1) is 14.5. The van der Waals surface area contributed by atoms with Crippen molar-refractivity contribution in [2.45, 2.75) is 0 Å². The van der Waals surface area contributed by atoms with Gasteiger partial charge in [-0.15, -0.1) is 0 Å². The number of carboxylic acid groups (broad SMARTS) is 1. The van der Waals surface area contributed by atoms with E-state index >= 15 is 0 Å².